The summed E-state index contributed by atoms with van der Waals surface area (Å²) in [6.07, 6.45) is 0. The number of benzene rings is 2. The summed E-state index contributed by atoms with van der Waals surface area (Å²) in [4.78, 5) is 25.6. The standard InChI is InChI=1S/C20H22ClN3O4/c1-13(24(2)12-19(25)23-16-6-4-3-5-15(16)21)20(26)22-14-7-8-17-18(11-14)28-10-9-27-17/h3-8,11,13H,9-10,12H2,1-2H3,(H,22,26)(H,23,25)/p+1/t13-/m0/s1. The zero-order valence-corrected chi connectivity index (χ0v) is 16.5. The van der Waals surface area contributed by atoms with E-state index in [9.17, 15) is 9.59 Å². The summed E-state index contributed by atoms with van der Waals surface area (Å²) < 4.78 is 11.0. The van der Waals surface area contributed by atoms with Gasteiger partial charge in [0.05, 0.1) is 17.8 Å². The molecular formula is C20H23ClN3O4+. The summed E-state index contributed by atoms with van der Waals surface area (Å²) in [6, 6.07) is 11.8. The predicted molar refractivity (Wildman–Crippen MR) is 107 cm³/mol. The minimum atomic E-state index is -0.440. The van der Waals surface area contributed by atoms with Crippen LogP contribution in [0.5, 0.6) is 11.5 Å². The Morgan fingerprint density at radius 2 is 1.82 bits per heavy atom. The molecule has 2 atom stereocenters. The SMILES string of the molecule is C[C@@H](C(=O)Nc1ccc2c(c1)OCCO2)[NH+](C)CC(=O)Nc1ccccc1Cl. The number of carbonyl (C=O) groups excluding carboxylic acids is 2. The second kappa shape index (κ2) is 8.95. The molecule has 1 aliphatic rings. The second-order valence-electron chi connectivity index (χ2n) is 6.62. The molecule has 8 heteroatoms. The fraction of sp³-hybridized carbons (Fsp3) is 0.300. The summed E-state index contributed by atoms with van der Waals surface area (Å²) in [5.41, 5.74) is 1.17. The predicted octanol–water partition coefficient (Wildman–Crippen LogP) is 1.59. The van der Waals surface area contributed by atoms with E-state index in [0.717, 1.165) is 4.90 Å². The van der Waals surface area contributed by atoms with Gasteiger partial charge in [-0.3, -0.25) is 9.59 Å². The molecule has 0 aliphatic carbocycles. The lowest BCUT2D eigenvalue weighted by atomic mass is 10.2. The molecule has 3 N–H and O–H groups in total. The number of amides is 2. The third-order valence-corrected chi connectivity index (χ3v) is 4.86. The van der Waals surface area contributed by atoms with E-state index in [0.29, 0.717) is 41.1 Å². The highest BCUT2D eigenvalue weighted by atomic mass is 35.5. The number of fused-ring (bicyclic) bond motifs is 1. The van der Waals surface area contributed by atoms with Gasteiger partial charge in [-0.05, 0) is 31.2 Å². The maximum Gasteiger partial charge on any atom is 0.282 e. The number of carbonyl (C=O) groups is 2. The Labute approximate surface area is 168 Å². The van der Waals surface area contributed by atoms with E-state index in [-0.39, 0.29) is 18.4 Å². The first kappa shape index (κ1) is 20.0. The van der Waals surface area contributed by atoms with E-state index < -0.39 is 6.04 Å². The molecule has 0 saturated heterocycles. The van der Waals surface area contributed by atoms with Gasteiger partial charge in [0, 0.05) is 11.8 Å². The van der Waals surface area contributed by atoms with Gasteiger partial charge < -0.3 is 25.0 Å². The Bertz CT molecular complexity index is 874. The normalized spacial score (nSPS) is 14.7. The number of hydrogen-bond donors (Lipinski definition) is 3. The zero-order valence-electron chi connectivity index (χ0n) is 15.8. The summed E-state index contributed by atoms with van der Waals surface area (Å²) in [5.74, 6) is 0.858. The quantitative estimate of drug-likeness (QED) is 0.683. The highest BCUT2D eigenvalue weighted by Crippen LogP contribution is 2.32. The van der Waals surface area contributed by atoms with Crippen molar-refractivity contribution in [3.63, 3.8) is 0 Å². The molecule has 3 rings (SSSR count). The fourth-order valence-electron chi connectivity index (χ4n) is 2.76. The molecule has 0 fully saturated rings. The Kier molecular flexibility index (Phi) is 6.38. The van der Waals surface area contributed by atoms with Crippen molar-refractivity contribution in [2.75, 3.05) is 37.4 Å². The van der Waals surface area contributed by atoms with Crippen molar-refractivity contribution in [3.8, 4) is 11.5 Å². The van der Waals surface area contributed by atoms with Crippen LogP contribution in [0.4, 0.5) is 11.4 Å². The van der Waals surface area contributed by atoms with Crippen LogP contribution in [0.2, 0.25) is 5.02 Å². The van der Waals surface area contributed by atoms with Gasteiger partial charge in [0.1, 0.15) is 13.2 Å². The molecule has 28 heavy (non-hydrogen) atoms. The number of anilines is 2. The Balaban J connectivity index is 1.55. The maximum atomic E-state index is 12.6. The molecular weight excluding hydrogens is 382 g/mol. The smallest absolute Gasteiger partial charge is 0.282 e. The number of nitrogens with one attached hydrogen (secondary N) is 3. The van der Waals surface area contributed by atoms with Crippen LogP contribution in [0.3, 0.4) is 0 Å². The maximum absolute atomic E-state index is 12.6. The van der Waals surface area contributed by atoms with E-state index in [4.69, 9.17) is 21.1 Å². The molecule has 2 amide bonds. The van der Waals surface area contributed by atoms with Gasteiger partial charge >= 0.3 is 0 Å². The van der Waals surface area contributed by atoms with E-state index in [1.807, 2.05) is 0 Å². The van der Waals surface area contributed by atoms with Crippen LogP contribution >= 0.6 is 11.6 Å². The van der Waals surface area contributed by atoms with Gasteiger partial charge in [-0.15, -0.1) is 0 Å². The summed E-state index contributed by atoms with van der Waals surface area (Å²) in [5, 5.41) is 6.09. The number of rotatable bonds is 6. The molecule has 0 aromatic heterocycles. The van der Waals surface area contributed by atoms with Crippen LogP contribution in [0.1, 0.15) is 6.92 Å². The van der Waals surface area contributed by atoms with E-state index in [1.165, 1.54) is 0 Å². The molecule has 0 saturated carbocycles. The minimum absolute atomic E-state index is 0.126. The third kappa shape index (κ3) is 4.94. The van der Waals surface area contributed by atoms with Crippen LogP contribution in [0, 0.1) is 0 Å². The molecule has 2 aromatic rings. The van der Waals surface area contributed by atoms with Crippen molar-refractivity contribution >= 4 is 34.8 Å². The highest BCUT2D eigenvalue weighted by Gasteiger charge is 2.25. The Hall–Kier alpha value is -2.77. The van der Waals surface area contributed by atoms with Crippen molar-refractivity contribution in [3.05, 3.63) is 47.5 Å². The molecule has 148 valence electrons. The molecule has 2 aromatic carbocycles. The van der Waals surface area contributed by atoms with Gasteiger partial charge in [0.2, 0.25) is 0 Å². The highest BCUT2D eigenvalue weighted by molar-refractivity contribution is 6.33. The van der Waals surface area contributed by atoms with Crippen LogP contribution in [0.25, 0.3) is 0 Å². The topological polar surface area (TPSA) is 81.1 Å². The lowest BCUT2D eigenvalue weighted by Crippen LogP contribution is -3.14. The van der Waals surface area contributed by atoms with E-state index in [2.05, 4.69) is 10.6 Å². The average Bonchev–Trinajstić information content (AvgIpc) is 2.69. The van der Waals surface area contributed by atoms with Gasteiger partial charge in [-0.2, -0.15) is 0 Å². The fourth-order valence-corrected chi connectivity index (χ4v) is 2.94. The second-order valence-corrected chi connectivity index (χ2v) is 7.03. The van der Waals surface area contributed by atoms with E-state index in [1.54, 1.807) is 56.4 Å². The summed E-state index contributed by atoms with van der Waals surface area (Å²) in [6.45, 7) is 2.89. The Morgan fingerprint density at radius 1 is 1.11 bits per heavy atom. The van der Waals surface area contributed by atoms with Crippen LogP contribution in [0.15, 0.2) is 42.5 Å². The van der Waals surface area contributed by atoms with Gasteiger partial charge in [-0.1, -0.05) is 23.7 Å². The Morgan fingerprint density at radius 3 is 2.57 bits per heavy atom. The first-order valence-electron chi connectivity index (χ1n) is 9.01. The summed E-state index contributed by atoms with van der Waals surface area (Å²) >= 11 is 6.05. The van der Waals surface area contributed by atoms with Gasteiger partial charge in [0.15, 0.2) is 24.1 Å². The first-order valence-corrected chi connectivity index (χ1v) is 9.39. The number of para-hydroxylation sites is 1. The van der Waals surface area contributed by atoms with Gasteiger partial charge in [0.25, 0.3) is 11.8 Å². The van der Waals surface area contributed by atoms with Crippen molar-refractivity contribution in [1.82, 2.24) is 0 Å². The molecule has 0 radical (unpaired) electrons. The van der Waals surface area contributed by atoms with E-state index >= 15 is 0 Å². The van der Waals surface area contributed by atoms with Crippen molar-refractivity contribution in [2.45, 2.75) is 13.0 Å². The molecule has 0 bridgehead atoms. The lowest BCUT2D eigenvalue weighted by Gasteiger charge is -2.22. The van der Waals surface area contributed by atoms with Crippen molar-refractivity contribution in [2.24, 2.45) is 0 Å². The molecule has 1 heterocycles. The molecule has 1 aliphatic heterocycles. The molecule has 7 nitrogen and oxygen atoms in total. The number of quaternary nitrogens is 1. The molecule has 0 spiro atoms. The molecule has 1 unspecified atom stereocenters. The van der Waals surface area contributed by atoms with Crippen molar-refractivity contribution in [1.29, 1.82) is 0 Å². The number of halogens is 1. The van der Waals surface area contributed by atoms with Crippen LogP contribution in [-0.2, 0) is 9.59 Å². The van der Waals surface area contributed by atoms with Crippen LogP contribution in [-0.4, -0.2) is 44.7 Å². The minimum Gasteiger partial charge on any atom is -0.486 e. The number of ether oxygens (including phenoxy) is 2. The summed E-state index contributed by atoms with van der Waals surface area (Å²) in [7, 11) is 1.79. The number of hydrogen-bond acceptors (Lipinski definition) is 4. The van der Waals surface area contributed by atoms with Gasteiger partial charge in [-0.25, -0.2) is 0 Å². The zero-order chi connectivity index (χ0) is 20.1. The first-order chi connectivity index (χ1) is 13.4. The largest absolute Gasteiger partial charge is 0.486 e. The average molecular weight is 405 g/mol. The lowest BCUT2D eigenvalue weighted by molar-refractivity contribution is -0.885. The van der Waals surface area contributed by atoms with Crippen molar-refractivity contribution < 1.29 is 24.0 Å². The number of likely N-dealkylation sites (N-methyl/N-ethyl adjacent to an activating group) is 1. The monoisotopic (exact) mass is 404 g/mol. The van der Waals surface area contributed by atoms with Crippen LogP contribution < -0.4 is 25.0 Å². The third-order valence-electron chi connectivity index (χ3n) is 4.53.